The normalized spacial score (nSPS) is 29.9. The third kappa shape index (κ3) is 5.97. The first kappa shape index (κ1) is 31.3. The van der Waals surface area contributed by atoms with Gasteiger partial charge in [-0.05, 0) is 71.1 Å². The molecule has 0 radical (unpaired) electrons. The molecule has 0 aromatic carbocycles. The minimum Gasteiger partial charge on any atom is -0.465 e. The van der Waals surface area contributed by atoms with Crippen LogP contribution in [-0.2, 0) is 23.9 Å². The first-order chi connectivity index (χ1) is 18.2. The van der Waals surface area contributed by atoms with Crippen molar-refractivity contribution >= 4 is 17.8 Å². The maximum absolute atomic E-state index is 14.7. The molecule has 1 N–H and O–H groups in total. The molecule has 8 nitrogen and oxygen atoms in total. The van der Waals surface area contributed by atoms with Crippen LogP contribution in [0.3, 0.4) is 0 Å². The third-order valence-corrected chi connectivity index (χ3v) is 8.66. The second kappa shape index (κ2) is 11.7. The van der Waals surface area contributed by atoms with Crippen LogP contribution in [0.4, 0.5) is 0 Å². The Morgan fingerprint density at radius 1 is 1.15 bits per heavy atom. The fraction of sp³-hybridized carbons (Fsp3) is 0.774. The Bertz CT molecular complexity index is 955. The highest BCUT2D eigenvalue weighted by Gasteiger charge is 2.78. The lowest BCUT2D eigenvalue weighted by Gasteiger charge is -2.45. The van der Waals surface area contributed by atoms with E-state index in [1.807, 2.05) is 11.8 Å². The van der Waals surface area contributed by atoms with Crippen LogP contribution in [0.2, 0.25) is 0 Å². The summed E-state index contributed by atoms with van der Waals surface area (Å²) in [5, 5.41) is 9.27. The summed E-state index contributed by atoms with van der Waals surface area (Å²) in [6, 6.07) is -0.837. The van der Waals surface area contributed by atoms with Crippen molar-refractivity contribution in [2.24, 2.45) is 17.3 Å². The molecule has 39 heavy (non-hydrogen) atoms. The summed E-state index contributed by atoms with van der Waals surface area (Å²) < 4.78 is 12.3. The summed E-state index contributed by atoms with van der Waals surface area (Å²) in [6.45, 7) is 21.0. The van der Waals surface area contributed by atoms with E-state index in [2.05, 4.69) is 47.8 Å². The highest BCUT2D eigenvalue weighted by Crippen LogP contribution is 2.63. The number of ether oxygens (including phenoxy) is 2. The molecule has 1 spiro atoms. The Balaban J connectivity index is 2.04. The number of aliphatic hydroxyl groups is 1. The molecule has 3 rings (SSSR count). The van der Waals surface area contributed by atoms with E-state index < -0.39 is 40.6 Å². The number of hydrogen-bond donors (Lipinski definition) is 1. The largest absolute Gasteiger partial charge is 0.465 e. The minimum absolute atomic E-state index is 0.0322. The SMILES string of the molecule is C=CCCOC(=O)[C@H]1[C@H]2C(=O)N(CCCCCO)C(C(=O)N(CC=C)C(C)(C)CC(C)(C)C)C23CC[C@]1(C)O3. The number of fused-ring (bicyclic) bond motifs is 1. The van der Waals surface area contributed by atoms with E-state index in [1.165, 1.54) is 0 Å². The number of esters is 1. The summed E-state index contributed by atoms with van der Waals surface area (Å²) in [6.07, 6.45) is 7.81. The summed E-state index contributed by atoms with van der Waals surface area (Å²) in [5.74, 6) is -2.35. The number of unbranched alkanes of at least 4 members (excludes halogenated alkanes) is 2. The standard InChI is InChI=1S/C31H50N2O6/c1-9-11-20-38-27(37)23-22-25(35)32(18-13-12-14-19-34)24(31(22)16-15-30(23,8)39-31)26(36)33(17-10-2)29(6,7)21-28(3,4)5/h9-10,22-24,34H,1-2,11-21H2,3-8H3/t22-,23+,24?,30-,31?/m0/s1. The molecule has 3 saturated heterocycles. The van der Waals surface area contributed by atoms with Gasteiger partial charge in [0.1, 0.15) is 17.6 Å². The highest BCUT2D eigenvalue weighted by molar-refractivity contribution is 5.98. The van der Waals surface area contributed by atoms with Gasteiger partial charge in [-0.2, -0.15) is 0 Å². The number of nitrogens with zero attached hydrogens (tertiary/aromatic N) is 2. The lowest BCUT2D eigenvalue weighted by molar-refractivity contribution is -0.161. The second-order valence-electron chi connectivity index (χ2n) is 13.6. The van der Waals surface area contributed by atoms with Crippen LogP contribution in [0.1, 0.15) is 86.5 Å². The van der Waals surface area contributed by atoms with Crippen LogP contribution < -0.4 is 0 Å². The van der Waals surface area contributed by atoms with E-state index in [4.69, 9.17) is 9.47 Å². The molecule has 3 aliphatic heterocycles. The number of aliphatic hydroxyl groups excluding tert-OH is 1. The Morgan fingerprint density at radius 3 is 2.44 bits per heavy atom. The zero-order chi connectivity index (χ0) is 29.2. The molecule has 2 amide bonds. The van der Waals surface area contributed by atoms with Gasteiger partial charge in [-0.3, -0.25) is 14.4 Å². The molecular weight excluding hydrogens is 496 g/mol. The molecule has 0 saturated carbocycles. The number of carbonyl (C=O) groups excluding carboxylic acids is 3. The van der Waals surface area contributed by atoms with Gasteiger partial charge < -0.3 is 24.4 Å². The maximum atomic E-state index is 14.7. The smallest absolute Gasteiger partial charge is 0.312 e. The molecule has 2 unspecified atom stereocenters. The van der Waals surface area contributed by atoms with Crippen molar-refractivity contribution in [2.45, 2.75) is 109 Å². The summed E-state index contributed by atoms with van der Waals surface area (Å²) in [5.41, 5.74) is -2.49. The van der Waals surface area contributed by atoms with E-state index >= 15 is 0 Å². The Morgan fingerprint density at radius 2 is 1.85 bits per heavy atom. The van der Waals surface area contributed by atoms with Gasteiger partial charge in [-0.25, -0.2) is 0 Å². The number of amides is 2. The van der Waals surface area contributed by atoms with Crippen molar-refractivity contribution in [3.05, 3.63) is 25.3 Å². The van der Waals surface area contributed by atoms with Crippen molar-refractivity contribution in [1.29, 1.82) is 0 Å². The first-order valence-corrected chi connectivity index (χ1v) is 14.5. The first-order valence-electron chi connectivity index (χ1n) is 14.5. The minimum atomic E-state index is -1.08. The monoisotopic (exact) mass is 546 g/mol. The van der Waals surface area contributed by atoms with Crippen LogP contribution in [0.5, 0.6) is 0 Å². The van der Waals surface area contributed by atoms with Gasteiger partial charge >= 0.3 is 5.97 Å². The molecule has 0 aromatic heterocycles. The van der Waals surface area contributed by atoms with Crippen LogP contribution in [-0.4, -0.2) is 81.8 Å². The van der Waals surface area contributed by atoms with Crippen LogP contribution in [0, 0.1) is 17.3 Å². The fourth-order valence-corrected chi connectivity index (χ4v) is 7.51. The zero-order valence-electron chi connectivity index (χ0n) is 25.0. The van der Waals surface area contributed by atoms with Crippen LogP contribution >= 0.6 is 0 Å². The summed E-state index contributed by atoms with van der Waals surface area (Å²) in [7, 11) is 0. The van der Waals surface area contributed by atoms with Crippen LogP contribution in [0.25, 0.3) is 0 Å². The van der Waals surface area contributed by atoms with Crippen molar-refractivity contribution in [3.63, 3.8) is 0 Å². The number of carbonyl (C=O) groups is 3. The molecule has 8 heteroatoms. The van der Waals surface area contributed by atoms with Crippen molar-refractivity contribution < 1.29 is 29.0 Å². The summed E-state index contributed by atoms with van der Waals surface area (Å²) >= 11 is 0. The van der Waals surface area contributed by atoms with Gasteiger partial charge in [0.2, 0.25) is 11.8 Å². The Hall–Kier alpha value is -2.19. The molecular formula is C31H50N2O6. The molecule has 220 valence electrons. The number of rotatable bonds is 14. The number of hydrogen-bond acceptors (Lipinski definition) is 6. The second-order valence-corrected chi connectivity index (χ2v) is 13.6. The quantitative estimate of drug-likeness (QED) is 0.199. The topological polar surface area (TPSA) is 96.4 Å². The van der Waals surface area contributed by atoms with Gasteiger partial charge in [-0.1, -0.05) is 32.9 Å². The van der Waals surface area contributed by atoms with Crippen molar-refractivity contribution in [1.82, 2.24) is 9.80 Å². The molecule has 3 aliphatic rings. The third-order valence-electron chi connectivity index (χ3n) is 8.66. The Labute approximate surface area is 234 Å². The summed E-state index contributed by atoms with van der Waals surface area (Å²) in [4.78, 5) is 45.7. The lowest BCUT2D eigenvalue weighted by atomic mass is 9.66. The van der Waals surface area contributed by atoms with Gasteiger partial charge in [0.05, 0.1) is 18.1 Å². The number of likely N-dealkylation sites (tertiary alicyclic amines) is 1. The average molecular weight is 547 g/mol. The van der Waals surface area contributed by atoms with E-state index in [1.54, 1.807) is 17.1 Å². The van der Waals surface area contributed by atoms with Gasteiger partial charge in [0.15, 0.2) is 0 Å². The van der Waals surface area contributed by atoms with Gasteiger partial charge in [0.25, 0.3) is 0 Å². The molecule has 0 aromatic rings. The molecule has 3 heterocycles. The highest BCUT2D eigenvalue weighted by atomic mass is 16.6. The predicted molar refractivity (Wildman–Crippen MR) is 151 cm³/mol. The molecule has 5 atom stereocenters. The van der Waals surface area contributed by atoms with Crippen LogP contribution in [0.15, 0.2) is 25.3 Å². The molecule has 0 aliphatic carbocycles. The Kier molecular flexibility index (Phi) is 9.43. The van der Waals surface area contributed by atoms with E-state index in [9.17, 15) is 19.5 Å². The van der Waals surface area contributed by atoms with E-state index in [0.29, 0.717) is 45.2 Å². The lowest BCUT2D eigenvalue weighted by Crippen LogP contribution is -2.61. The van der Waals surface area contributed by atoms with Crippen molar-refractivity contribution in [3.8, 4) is 0 Å². The maximum Gasteiger partial charge on any atom is 0.312 e. The van der Waals surface area contributed by atoms with Gasteiger partial charge in [0, 0.05) is 25.2 Å². The van der Waals surface area contributed by atoms with Gasteiger partial charge in [-0.15, -0.1) is 13.2 Å². The molecule has 3 fully saturated rings. The van der Waals surface area contributed by atoms with Crippen molar-refractivity contribution in [2.75, 3.05) is 26.3 Å². The average Bonchev–Trinajstić information content (AvgIpc) is 3.39. The van der Waals surface area contributed by atoms with E-state index in [0.717, 1.165) is 12.8 Å². The van der Waals surface area contributed by atoms with E-state index in [-0.39, 0.29) is 30.4 Å². The predicted octanol–water partition coefficient (Wildman–Crippen LogP) is 4.26. The fourth-order valence-electron chi connectivity index (χ4n) is 7.51. The zero-order valence-corrected chi connectivity index (χ0v) is 25.0. The molecule has 2 bridgehead atoms.